The summed E-state index contributed by atoms with van der Waals surface area (Å²) in [4.78, 5) is 2.51. The molecule has 2 aliphatic heterocycles. The lowest BCUT2D eigenvalue weighted by Gasteiger charge is -2.39. The van der Waals surface area contributed by atoms with Gasteiger partial charge in [-0.1, -0.05) is 30.3 Å². The highest BCUT2D eigenvalue weighted by Crippen LogP contribution is 2.44. The van der Waals surface area contributed by atoms with Gasteiger partial charge in [0.05, 0.1) is 0 Å². The van der Waals surface area contributed by atoms with Crippen molar-refractivity contribution in [1.29, 1.82) is 0 Å². The summed E-state index contributed by atoms with van der Waals surface area (Å²) in [6.07, 6.45) is 2.20. The zero-order valence-corrected chi connectivity index (χ0v) is 12.7. The Hall–Kier alpha value is -1.87. The highest BCUT2D eigenvalue weighted by molar-refractivity contribution is 5.60. The molecule has 1 saturated heterocycles. The third kappa shape index (κ3) is 2.40. The van der Waals surface area contributed by atoms with Crippen molar-refractivity contribution in [2.75, 3.05) is 25.0 Å². The summed E-state index contributed by atoms with van der Waals surface area (Å²) >= 11 is 0. The van der Waals surface area contributed by atoms with E-state index in [1.807, 2.05) is 6.07 Å². The Labute approximate surface area is 131 Å². The number of fused-ring (bicyclic) bond motifs is 2. The Balaban J connectivity index is 1.48. The number of benzene rings is 2. The Morgan fingerprint density at radius 3 is 2.59 bits per heavy atom. The van der Waals surface area contributed by atoms with Gasteiger partial charge in [0.2, 0.25) is 0 Å². The quantitative estimate of drug-likeness (QED) is 0.907. The predicted octanol–water partition coefficient (Wildman–Crippen LogP) is 3.79. The van der Waals surface area contributed by atoms with Crippen molar-refractivity contribution >= 4 is 5.69 Å². The minimum absolute atomic E-state index is 0.117. The smallest absolute Gasteiger partial charge is 0.123 e. The Morgan fingerprint density at radius 2 is 1.82 bits per heavy atom. The van der Waals surface area contributed by atoms with Gasteiger partial charge in [-0.3, -0.25) is 4.90 Å². The molecule has 0 aromatic heterocycles. The maximum absolute atomic E-state index is 13.6. The van der Waals surface area contributed by atoms with E-state index in [1.165, 1.54) is 11.1 Å². The topological polar surface area (TPSA) is 15.3 Å². The monoisotopic (exact) mass is 296 g/mol. The summed E-state index contributed by atoms with van der Waals surface area (Å²) in [5.74, 6) is -0.117. The van der Waals surface area contributed by atoms with Gasteiger partial charge in [-0.2, -0.15) is 0 Å². The number of hydrogen-bond donors (Lipinski definition) is 1. The van der Waals surface area contributed by atoms with E-state index in [0.717, 1.165) is 44.7 Å². The predicted molar refractivity (Wildman–Crippen MR) is 87.5 cm³/mol. The van der Waals surface area contributed by atoms with Crippen molar-refractivity contribution in [3.63, 3.8) is 0 Å². The van der Waals surface area contributed by atoms with E-state index in [0.29, 0.717) is 0 Å². The van der Waals surface area contributed by atoms with Crippen molar-refractivity contribution < 1.29 is 4.39 Å². The van der Waals surface area contributed by atoms with Crippen molar-refractivity contribution in [2.45, 2.75) is 24.8 Å². The highest BCUT2D eigenvalue weighted by atomic mass is 19.1. The van der Waals surface area contributed by atoms with Crippen molar-refractivity contribution in [1.82, 2.24) is 4.90 Å². The lowest BCUT2D eigenvalue weighted by molar-refractivity contribution is 0.162. The van der Waals surface area contributed by atoms with Crippen molar-refractivity contribution in [2.24, 2.45) is 0 Å². The first-order valence-electron chi connectivity index (χ1n) is 8.05. The maximum atomic E-state index is 13.6. The Kier molecular flexibility index (Phi) is 3.38. The van der Waals surface area contributed by atoms with Gasteiger partial charge in [0.25, 0.3) is 0 Å². The van der Waals surface area contributed by atoms with E-state index < -0.39 is 0 Å². The van der Waals surface area contributed by atoms with E-state index in [-0.39, 0.29) is 11.2 Å². The molecule has 4 rings (SSSR count). The number of nitrogens with one attached hydrogen (secondary N) is 1. The molecule has 0 unspecified atom stereocenters. The molecule has 2 aromatic carbocycles. The molecule has 0 bridgehead atoms. The van der Waals surface area contributed by atoms with Crippen LogP contribution in [0.3, 0.4) is 0 Å². The molecule has 1 fully saturated rings. The molecule has 0 amide bonds. The number of piperidine rings is 1. The summed E-state index contributed by atoms with van der Waals surface area (Å²) in [7, 11) is 0. The fraction of sp³-hybridized carbons (Fsp3) is 0.368. The van der Waals surface area contributed by atoms with Crippen LogP contribution in [0.25, 0.3) is 0 Å². The number of hydrogen-bond acceptors (Lipinski definition) is 2. The number of nitrogens with zero attached hydrogens (tertiary/aromatic N) is 1. The standard InChI is InChI=1S/C19H21FN2/c20-16-6-7-18-17(12-16)19(14-21-18)8-10-22(11-9-19)13-15-4-2-1-3-5-15/h1-7,12,21H,8-11,13-14H2. The van der Waals surface area contributed by atoms with Crippen LogP contribution in [-0.4, -0.2) is 24.5 Å². The molecule has 2 aliphatic rings. The average molecular weight is 296 g/mol. The zero-order valence-electron chi connectivity index (χ0n) is 12.7. The van der Waals surface area contributed by atoms with Gasteiger partial charge < -0.3 is 5.32 Å². The van der Waals surface area contributed by atoms with Crippen LogP contribution < -0.4 is 5.32 Å². The molecule has 2 aromatic rings. The molecule has 0 radical (unpaired) electrons. The fourth-order valence-electron chi connectivity index (χ4n) is 3.90. The van der Waals surface area contributed by atoms with Crippen LogP contribution in [0.5, 0.6) is 0 Å². The van der Waals surface area contributed by atoms with E-state index in [2.05, 4.69) is 40.5 Å². The first-order valence-corrected chi connectivity index (χ1v) is 8.05. The van der Waals surface area contributed by atoms with E-state index in [1.54, 1.807) is 12.1 Å². The zero-order chi connectivity index (χ0) is 15.0. The molecule has 22 heavy (non-hydrogen) atoms. The van der Waals surface area contributed by atoms with Crippen molar-refractivity contribution in [3.05, 3.63) is 65.5 Å². The van der Waals surface area contributed by atoms with Gasteiger partial charge in [0.15, 0.2) is 0 Å². The second-order valence-electron chi connectivity index (χ2n) is 6.59. The molecular weight excluding hydrogens is 275 g/mol. The number of rotatable bonds is 2. The van der Waals surface area contributed by atoms with Gasteiger partial charge >= 0.3 is 0 Å². The normalized spacial score (nSPS) is 19.9. The van der Waals surface area contributed by atoms with Gasteiger partial charge in [-0.15, -0.1) is 0 Å². The SMILES string of the molecule is Fc1ccc2c(c1)C1(CCN(Cc3ccccc3)CC1)CN2. The van der Waals surface area contributed by atoms with E-state index in [4.69, 9.17) is 0 Å². The molecule has 2 nitrogen and oxygen atoms in total. The Bertz CT molecular complexity index is 660. The van der Waals surface area contributed by atoms with Crippen LogP contribution in [0.1, 0.15) is 24.0 Å². The second-order valence-corrected chi connectivity index (χ2v) is 6.59. The van der Waals surface area contributed by atoms with Gasteiger partial charge in [0.1, 0.15) is 5.82 Å². The molecule has 1 spiro atoms. The first-order chi connectivity index (χ1) is 10.8. The summed E-state index contributed by atoms with van der Waals surface area (Å²) in [5, 5.41) is 3.47. The third-order valence-electron chi connectivity index (χ3n) is 5.23. The molecular formula is C19H21FN2. The molecule has 3 heteroatoms. The first kappa shape index (κ1) is 13.8. The number of anilines is 1. The number of halogens is 1. The van der Waals surface area contributed by atoms with E-state index >= 15 is 0 Å². The van der Waals surface area contributed by atoms with Crippen LogP contribution in [0.4, 0.5) is 10.1 Å². The third-order valence-corrected chi connectivity index (χ3v) is 5.23. The Morgan fingerprint density at radius 1 is 1.05 bits per heavy atom. The van der Waals surface area contributed by atoms with Gasteiger partial charge in [0, 0.05) is 24.2 Å². The fourth-order valence-corrected chi connectivity index (χ4v) is 3.90. The summed E-state index contributed by atoms with van der Waals surface area (Å²) in [5.41, 5.74) is 3.81. The molecule has 0 aliphatic carbocycles. The second kappa shape index (κ2) is 5.40. The van der Waals surface area contributed by atoms with Crippen LogP contribution in [-0.2, 0) is 12.0 Å². The maximum Gasteiger partial charge on any atom is 0.123 e. The highest BCUT2D eigenvalue weighted by Gasteiger charge is 2.41. The number of likely N-dealkylation sites (tertiary alicyclic amines) is 1. The van der Waals surface area contributed by atoms with Gasteiger partial charge in [-0.05, 0) is 55.3 Å². The lowest BCUT2D eigenvalue weighted by atomic mass is 9.74. The largest absolute Gasteiger partial charge is 0.384 e. The van der Waals surface area contributed by atoms with E-state index in [9.17, 15) is 4.39 Å². The van der Waals surface area contributed by atoms with Crippen LogP contribution in [0.15, 0.2) is 48.5 Å². The minimum atomic E-state index is -0.117. The van der Waals surface area contributed by atoms with Crippen LogP contribution in [0, 0.1) is 5.82 Å². The van der Waals surface area contributed by atoms with Gasteiger partial charge in [-0.25, -0.2) is 4.39 Å². The minimum Gasteiger partial charge on any atom is -0.384 e. The van der Waals surface area contributed by atoms with Crippen molar-refractivity contribution in [3.8, 4) is 0 Å². The average Bonchev–Trinajstić information content (AvgIpc) is 2.89. The summed E-state index contributed by atoms with van der Waals surface area (Å²) < 4.78 is 13.6. The van der Waals surface area contributed by atoms with Crippen LogP contribution >= 0.6 is 0 Å². The summed E-state index contributed by atoms with van der Waals surface area (Å²) in [6, 6.07) is 15.8. The molecule has 2 heterocycles. The summed E-state index contributed by atoms with van der Waals surface area (Å²) in [6.45, 7) is 4.12. The molecule has 1 N–H and O–H groups in total. The molecule has 0 atom stereocenters. The van der Waals surface area contributed by atoms with Crippen LogP contribution in [0.2, 0.25) is 0 Å². The molecule has 0 saturated carbocycles. The lowest BCUT2D eigenvalue weighted by Crippen LogP contribution is -2.43. The molecule has 114 valence electrons.